The Kier molecular flexibility index (Phi) is 5.53. The van der Waals surface area contributed by atoms with Crippen molar-refractivity contribution in [3.05, 3.63) is 191 Å². The van der Waals surface area contributed by atoms with Crippen LogP contribution in [0.3, 0.4) is 0 Å². The Labute approximate surface area is 264 Å². The van der Waals surface area contributed by atoms with E-state index < -0.39 is 5.41 Å². The Morgan fingerprint density at radius 3 is 1.93 bits per heavy atom. The second-order valence-corrected chi connectivity index (χ2v) is 12.9. The van der Waals surface area contributed by atoms with Gasteiger partial charge >= 0.3 is 0 Å². The number of fused-ring (bicyclic) bond motifs is 7. The summed E-state index contributed by atoms with van der Waals surface area (Å²) in [6.45, 7) is 4.59. The second-order valence-electron chi connectivity index (χ2n) is 12.9. The molecule has 0 bridgehead atoms. The molecular weight excluding hydrogens is 544 g/mol. The minimum absolute atomic E-state index is 0.155. The van der Waals surface area contributed by atoms with E-state index in [9.17, 15) is 0 Å². The smallest absolute Gasteiger partial charge is 0.139 e. The Morgan fingerprint density at radius 2 is 1.09 bits per heavy atom. The molecule has 1 aliphatic heterocycles. The zero-order chi connectivity index (χ0) is 30.2. The molecule has 7 aromatic rings. The lowest BCUT2D eigenvalue weighted by Crippen LogP contribution is -2.28. The second kappa shape index (κ2) is 9.55. The Balaban J connectivity index is 1.26. The summed E-state index contributed by atoms with van der Waals surface area (Å²) in [4.78, 5) is 0. The third-order valence-corrected chi connectivity index (χ3v) is 10.2. The van der Waals surface area contributed by atoms with E-state index in [0.717, 1.165) is 22.6 Å². The lowest BCUT2D eigenvalue weighted by Gasteiger charge is -2.35. The van der Waals surface area contributed by atoms with Crippen LogP contribution in [0.15, 0.2) is 158 Å². The lowest BCUT2D eigenvalue weighted by atomic mass is 9.67. The number of hydrogen-bond donors (Lipinski definition) is 0. The first-order valence-electron chi connectivity index (χ1n) is 15.8. The van der Waals surface area contributed by atoms with Crippen molar-refractivity contribution in [2.75, 3.05) is 0 Å². The fourth-order valence-corrected chi connectivity index (χ4v) is 8.12. The van der Waals surface area contributed by atoms with E-state index in [-0.39, 0.29) is 5.41 Å². The van der Waals surface area contributed by atoms with E-state index in [1.807, 2.05) is 0 Å². The van der Waals surface area contributed by atoms with Gasteiger partial charge in [0.25, 0.3) is 0 Å². The molecule has 1 unspecified atom stereocenters. The van der Waals surface area contributed by atoms with Crippen LogP contribution in [-0.2, 0) is 10.8 Å². The van der Waals surface area contributed by atoms with Gasteiger partial charge in [-0.25, -0.2) is 0 Å². The van der Waals surface area contributed by atoms with E-state index >= 15 is 0 Å². The molecule has 0 amide bonds. The molecule has 1 heteroatoms. The van der Waals surface area contributed by atoms with E-state index in [1.165, 1.54) is 55.3 Å². The average Bonchev–Trinajstić information content (AvgIpc) is 3.40. The Morgan fingerprint density at radius 1 is 0.444 bits per heavy atom. The summed E-state index contributed by atoms with van der Waals surface area (Å²) in [6, 6.07) is 57.7. The molecule has 0 spiro atoms. The van der Waals surface area contributed by atoms with Gasteiger partial charge in [0.15, 0.2) is 0 Å². The minimum atomic E-state index is -0.441. The van der Waals surface area contributed by atoms with Crippen molar-refractivity contribution < 1.29 is 4.74 Å². The number of rotatable bonds is 3. The van der Waals surface area contributed by atoms with Gasteiger partial charge in [0.1, 0.15) is 11.5 Å². The third kappa shape index (κ3) is 3.56. The quantitative estimate of drug-likeness (QED) is 0.203. The van der Waals surface area contributed by atoms with Crippen molar-refractivity contribution in [3.8, 4) is 33.8 Å². The SMILES string of the molecule is CC1(C)c2ccccc2Oc2c(-c3ccc(C4(c5ccccc5)c5ccccc5-c5c4ccc4ccccc54)cc3)cccc21. The van der Waals surface area contributed by atoms with Crippen LogP contribution in [0.5, 0.6) is 11.5 Å². The van der Waals surface area contributed by atoms with Gasteiger partial charge in [-0.3, -0.25) is 0 Å². The van der Waals surface area contributed by atoms with Gasteiger partial charge in [-0.2, -0.15) is 0 Å². The van der Waals surface area contributed by atoms with Crippen molar-refractivity contribution in [1.82, 2.24) is 0 Å². The molecule has 45 heavy (non-hydrogen) atoms. The van der Waals surface area contributed by atoms with Crippen molar-refractivity contribution >= 4 is 10.8 Å². The molecule has 0 fully saturated rings. The Bertz CT molecular complexity index is 2260. The molecule has 0 N–H and O–H groups in total. The van der Waals surface area contributed by atoms with Gasteiger partial charge in [0.05, 0.1) is 5.41 Å². The third-order valence-electron chi connectivity index (χ3n) is 10.2. The fourth-order valence-electron chi connectivity index (χ4n) is 8.12. The molecule has 7 aromatic carbocycles. The summed E-state index contributed by atoms with van der Waals surface area (Å²) in [5.41, 5.74) is 12.0. The first-order valence-corrected chi connectivity index (χ1v) is 15.8. The maximum Gasteiger partial charge on any atom is 0.139 e. The highest BCUT2D eigenvalue weighted by Gasteiger charge is 2.46. The van der Waals surface area contributed by atoms with Crippen LogP contribution >= 0.6 is 0 Å². The molecule has 1 aliphatic carbocycles. The van der Waals surface area contributed by atoms with E-state index in [0.29, 0.717) is 0 Å². The molecule has 1 nitrogen and oxygen atoms in total. The van der Waals surface area contributed by atoms with Crippen LogP contribution in [0.25, 0.3) is 33.0 Å². The highest BCUT2D eigenvalue weighted by molar-refractivity contribution is 6.04. The van der Waals surface area contributed by atoms with Crippen LogP contribution in [-0.4, -0.2) is 0 Å². The van der Waals surface area contributed by atoms with Crippen LogP contribution in [0, 0.1) is 0 Å². The van der Waals surface area contributed by atoms with Crippen molar-refractivity contribution in [2.45, 2.75) is 24.7 Å². The van der Waals surface area contributed by atoms with Crippen molar-refractivity contribution in [3.63, 3.8) is 0 Å². The number of hydrogen-bond acceptors (Lipinski definition) is 1. The number of benzene rings is 7. The molecule has 9 rings (SSSR count). The Hall–Kier alpha value is -5.40. The topological polar surface area (TPSA) is 9.23 Å². The summed E-state index contributed by atoms with van der Waals surface area (Å²) >= 11 is 0. The summed E-state index contributed by atoms with van der Waals surface area (Å²) in [6.07, 6.45) is 0. The molecular formula is C44H32O. The summed E-state index contributed by atoms with van der Waals surface area (Å²) in [5.74, 6) is 1.89. The van der Waals surface area contributed by atoms with Gasteiger partial charge in [0, 0.05) is 22.1 Å². The number of ether oxygens (including phenoxy) is 1. The first kappa shape index (κ1) is 26.0. The molecule has 0 aromatic heterocycles. The average molecular weight is 577 g/mol. The summed E-state index contributed by atoms with van der Waals surface area (Å²) in [5, 5.41) is 2.57. The first-order chi connectivity index (χ1) is 22.1. The zero-order valence-corrected chi connectivity index (χ0v) is 25.4. The molecule has 2 aliphatic rings. The standard InChI is InChI=1S/C44H32O/c1-43(2)37-20-10-11-22-40(37)45-42-34(18-12-21-39(42)43)30-23-26-32(27-24-30)44(31-14-4-3-5-15-31)36-19-9-8-17-35(36)41-33-16-7-6-13-29(33)25-28-38(41)44/h3-28H,1-2H3. The van der Waals surface area contributed by atoms with Crippen molar-refractivity contribution in [2.24, 2.45) is 0 Å². The molecule has 0 radical (unpaired) electrons. The van der Waals surface area contributed by atoms with Gasteiger partial charge in [-0.15, -0.1) is 0 Å². The predicted molar refractivity (Wildman–Crippen MR) is 185 cm³/mol. The van der Waals surface area contributed by atoms with Gasteiger partial charge < -0.3 is 4.74 Å². The largest absolute Gasteiger partial charge is 0.456 e. The predicted octanol–water partition coefficient (Wildman–Crippen LogP) is 11.3. The van der Waals surface area contributed by atoms with Crippen LogP contribution in [0.1, 0.15) is 47.2 Å². The monoisotopic (exact) mass is 576 g/mol. The molecule has 0 saturated carbocycles. The van der Waals surface area contributed by atoms with Crippen LogP contribution in [0.4, 0.5) is 0 Å². The van der Waals surface area contributed by atoms with Crippen molar-refractivity contribution in [1.29, 1.82) is 0 Å². The highest BCUT2D eigenvalue weighted by atomic mass is 16.5. The molecule has 1 heterocycles. The van der Waals surface area contributed by atoms with Gasteiger partial charge in [0.2, 0.25) is 0 Å². The number of para-hydroxylation sites is 2. The molecule has 1 atom stereocenters. The van der Waals surface area contributed by atoms with Gasteiger partial charge in [-0.05, 0) is 55.8 Å². The summed E-state index contributed by atoms with van der Waals surface area (Å²) in [7, 11) is 0. The maximum atomic E-state index is 6.65. The van der Waals surface area contributed by atoms with E-state index in [1.54, 1.807) is 0 Å². The van der Waals surface area contributed by atoms with Gasteiger partial charge in [-0.1, -0.05) is 166 Å². The van der Waals surface area contributed by atoms with Crippen LogP contribution in [0.2, 0.25) is 0 Å². The van der Waals surface area contributed by atoms with E-state index in [4.69, 9.17) is 4.74 Å². The van der Waals surface area contributed by atoms with Crippen LogP contribution < -0.4 is 4.74 Å². The molecule has 214 valence electrons. The molecule has 0 saturated heterocycles. The summed E-state index contributed by atoms with van der Waals surface area (Å²) < 4.78 is 6.65. The lowest BCUT2D eigenvalue weighted by molar-refractivity contribution is 0.419. The van der Waals surface area contributed by atoms with E-state index in [2.05, 4.69) is 172 Å². The highest BCUT2D eigenvalue weighted by Crippen LogP contribution is 2.58. The fraction of sp³-hybridized carbons (Fsp3) is 0.0909. The minimum Gasteiger partial charge on any atom is -0.456 e. The zero-order valence-electron chi connectivity index (χ0n) is 25.4. The maximum absolute atomic E-state index is 6.65. The normalized spacial score (nSPS) is 17.1.